The van der Waals surface area contributed by atoms with E-state index < -0.39 is 6.10 Å². The first-order valence-electron chi connectivity index (χ1n) is 6.55. The molecule has 0 spiro atoms. The van der Waals surface area contributed by atoms with Crippen LogP contribution in [0.5, 0.6) is 5.75 Å². The average molecular weight is 382 g/mol. The molecular formula is C16H14BrClN2O2. The molecule has 22 heavy (non-hydrogen) atoms. The van der Waals surface area contributed by atoms with Crippen LogP contribution in [0.1, 0.15) is 12.5 Å². The van der Waals surface area contributed by atoms with Crippen molar-refractivity contribution in [3.05, 3.63) is 63.6 Å². The van der Waals surface area contributed by atoms with E-state index in [4.69, 9.17) is 16.3 Å². The van der Waals surface area contributed by atoms with Gasteiger partial charge in [-0.25, -0.2) is 5.43 Å². The molecule has 1 amide bonds. The number of ether oxygens (including phenoxy) is 1. The van der Waals surface area contributed by atoms with Crippen LogP contribution in [-0.2, 0) is 4.79 Å². The Morgan fingerprint density at radius 3 is 2.82 bits per heavy atom. The lowest BCUT2D eigenvalue weighted by Gasteiger charge is -2.12. The van der Waals surface area contributed by atoms with E-state index >= 15 is 0 Å². The summed E-state index contributed by atoms with van der Waals surface area (Å²) in [5, 5.41) is 4.46. The minimum Gasteiger partial charge on any atom is -0.481 e. The van der Waals surface area contributed by atoms with Crippen molar-refractivity contribution in [3.63, 3.8) is 0 Å². The molecule has 6 heteroatoms. The first-order valence-corrected chi connectivity index (χ1v) is 7.72. The summed E-state index contributed by atoms with van der Waals surface area (Å²) in [6, 6.07) is 14.5. The molecule has 1 N–H and O–H groups in total. The third-order valence-electron chi connectivity index (χ3n) is 2.72. The zero-order chi connectivity index (χ0) is 15.9. The van der Waals surface area contributed by atoms with Gasteiger partial charge in [0.25, 0.3) is 5.91 Å². The van der Waals surface area contributed by atoms with Crippen LogP contribution >= 0.6 is 27.5 Å². The maximum Gasteiger partial charge on any atom is 0.280 e. The lowest BCUT2D eigenvalue weighted by atomic mass is 10.2. The van der Waals surface area contributed by atoms with Crippen LogP contribution in [0.2, 0.25) is 5.02 Å². The molecule has 114 valence electrons. The molecule has 0 heterocycles. The van der Waals surface area contributed by atoms with Crippen molar-refractivity contribution >= 4 is 39.7 Å². The van der Waals surface area contributed by atoms with E-state index in [1.807, 2.05) is 24.3 Å². The highest BCUT2D eigenvalue weighted by molar-refractivity contribution is 9.10. The molecule has 2 rings (SSSR count). The number of halogens is 2. The van der Waals surface area contributed by atoms with Gasteiger partial charge < -0.3 is 4.74 Å². The summed E-state index contributed by atoms with van der Waals surface area (Å²) in [6.45, 7) is 1.64. The fourth-order valence-corrected chi connectivity index (χ4v) is 2.24. The third-order valence-corrected chi connectivity index (χ3v) is 3.44. The molecule has 2 aromatic rings. The van der Waals surface area contributed by atoms with Crippen molar-refractivity contribution in [1.29, 1.82) is 0 Å². The topological polar surface area (TPSA) is 50.7 Å². The Hall–Kier alpha value is -1.85. The van der Waals surface area contributed by atoms with E-state index in [2.05, 4.69) is 26.5 Å². The third kappa shape index (κ3) is 5.16. The Morgan fingerprint density at radius 2 is 2.09 bits per heavy atom. The second kappa shape index (κ2) is 7.96. The van der Waals surface area contributed by atoms with Gasteiger partial charge in [-0.1, -0.05) is 45.7 Å². The van der Waals surface area contributed by atoms with E-state index in [1.165, 1.54) is 0 Å². The number of carbonyl (C=O) groups excluding carboxylic acids is 1. The minimum absolute atomic E-state index is 0.341. The summed E-state index contributed by atoms with van der Waals surface area (Å²) in [5.74, 6) is 0.192. The van der Waals surface area contributed by atoms with Gasteiger partial charge >= 0.3 is 0 Å². The van der Waals surface area contributed by atoms with Gasteiger partial charge in [-0.3, -0.25) is 4.79 Å². The zero-order valence-corrected chi connectivity index (χ0v) is 14.1. The van der Waals surface area contributed by atoms with E-state index in [0.717, 1.165) is 10.0 Å². The van der Waals surface area contributed by atoms with Gasteiger partial charge in [0.05, 0.1) is 6.21 Å². The predicted molar refractivity (Wildman–Crippen MR) is 91.4 cm³/mol. The zero-order valence-electron chi connectivity index (χ0n) is 11.8. The lowest BCUT2D eigenvalue weighted by Crippen LogP contribution is -2.33. The first kappa shape index (κ1) is 16.5. The fraction of sp³-hybridized carbons (Fsp3) is 0.125. The first-order chi connectivity index (χ1) is 10.5. The highest BCUT2D eigenvalue weighted by atomic mass is 79.9. The molecule has 0 radical (unpaired) electrons. The number of hydrogen-bond donors (Lipinski definition) is 1. The number of benzene rings is 2. The molecule has 0 bridgehead atoms. The summed E-state index contributed by atoms with van der Waals surface area (Å²) in [7, 11) is 0. The largest absolute Gasteiger partial charge is 0.481 e. The van der Waals surface area contributed by atoms with E-state index in [9.17, 15) is 4.79 Å². The number of hydrazone groups is 1. The molecule has 0 aliphatic heterocycles. The maximum atomic E-state index is 11.9. The van der Waals surface area contributed by atoms with E-state index in [1.54, 1.807) is 37.4 Å². The van der Waals surface area contributed by atoms with Crippen molar-refractivity contribution in [2.45, 2.75) is 13.0 Å². The lowest BCUT2D eigenvalue weighted by molar-refractivity contribution is -0.127. The SMILES string of the molecule is CC(Oc1cccc(Cl)c1)C(=O)N/N=C/c1cccc(Br)c1. The molecule has 4 nitrogen and oxygen atoms in total. The average Bonchev–Trinajstić information content (AvgIpc) is 2.47. The van der Waals surface area contributed by atoms with E-state index in [0.29, 0.717) is 10.8 Å². The van der Waals surface area contributed by atoms with Crippen LogP contribution in [0.4, 0.5) is 0 Å². The molecule has 0 saturated carbocycles. The molecule has 2 aromatic carbocycles. The number of nitrogens with one attached hydrogen (secondary N) is 1. The highest BCUT2D eigenvalue weighted by Gasteiger charge is 2.13. The van der Waals surface area contributed by atoms with Gasteiger partial charge in [0.2, 0.25) is 0 Å². The number of carbonyl (C=O) groups is 1. The van der Waals surface area contributed by atoms with Gasteiger partial charge in [-0.2, -0.15) is 5.10 Å². The van der Waals surface area contributed by atoms with Crippen LogP contribution in [0.25, 0.3) is 0 Å². The number of nitrogens with zero attached hydrogens (tertiary/aromatic N) is 1. The Bertz CT molecular complexity index is 691. The van der Waals surface area contributed by atoms with Crippen molar-refractivity contribution in [3.8, 4) is 5.75 Å². The molecule has 1 atom stereocenters. The smallest absolute Gasteiger partial charge is 0.280 e. The van der Waals surface area contributed by atoms with Crippen molar-refractivity contribution in [2.24, 2.45) is 5.10 Å². The molecule has 0 aliphatic carbocycles. The van der Waals surface area contributed by atoms with E-state index in [-0.39, 0.29) is 5.91 Å². The standard InChI is InChI=1S/C16H14BrClN2O2/c1-11(22-15-7-3-6-14(18)9-15)16(21)20-19-10-12-4-2-5-13(17)8-12/h2-11H,1H3,(H,20,21)/b19-10+. The number of rotatable bonds is 5. The fourth-order valence-electron chi connectivity index (χ4n) is 1.65. The van der Waals surface area contributed by atoms with Crippen molar-refractivity contribution in [2.75, 3.05) is 0 Å². The Kier molecular flexibility index (Phi) is 5.98. The normalized spacial score (nSPS) is 12.1. The molecule has 0 fully saturated rings. The summed E-state index contributed by atoms with van der Waals surface area (Å²) >= 11 is 9.23. The van der Waals surface area contributed by atoms with Gasteiger partial charge in [0.1, 0.15) is 5.75 Å². The summed E-state index contributed by atoms with van der Waals surface area (Å²) in [5.41, 5.74) is 3.32. The molecular weight excluding hydrogens is 368 g/mol. The van der Waals surface area contributed by atoms with Crippen molar-refractivity contribution in [1.82, 2.24) is 5.43 Å². The Balaban J connectivity index is 1.89. The Labute approximate surface area is 142 Å². The van der Waals surface area contributed by atoms with Gasteiger partial charge in [-0.15, -0.1) is 0 Å². The predicted octanol–water partition coefficient (Wildman–Crippen LogP) is 4.02. The van der Waals surface area contributed by atoms with Crippen LogP contribution < -0.4 is 10.2 Å². The van der Waals surface area contributed by atoms with Gasteiger partial charge in [0.15, 0.2) is 6.10 Å². The highest BCUT2D eigenvalue weighted by Crippen LogP contribution is 2.18. The van der Waals surface area contributed by atoms with Crippen LogP contribution in [0, 0.1) is 0 Å². The number of amides is 1. The summed E-state index contributed by atoms with van der Waals surface area (Å²) < 4.78 is 6.45. The molecule has 0 saturated heterocycles. The minimum atomic E-state index is -0.682. The number of hydrogen-bond acceptors (Lipinski definition) is 3. The quantitative estimate of drug-likeness (QED) is 0.628. The van der Waals surface area contributed by atoms with Crippen molar-refractivity contribution < 1.29 is 9.53 Å². The second-order valence-corrected chi connectivity index (χ2v) is 5.86. The van der Waals surface area contributed by atoms with Crippen LogP contribution in [-0.4, -0.2) is 18.2 Å². The molecule has 0 aromatic heterocycles. The summed E-state index contributed by atoms with van der Waals surface area (Å²) in [4.78, 5) is 11.9. The molecule has 0 aliphatic rings. The monoisotopic (exact) mass is 380 g/mol. The maximum absolute atomic E-state index is 11.9. The molecule has 1 unspecified atom stereocenters. The Morgan fingerprint density at radius 1 is 1.32 bits per heavy atom. The summed E-state index contributed by atoms with van der Waals surface area (Å²) in [6.07, 6.45) is 0.882. The van der Waals surface area contributed by atoms with Gasteiger partial charge in [-0.05, 0) is 42.8 Å². The second-order valence-electron chi connectivity index (χ2n) is 4.51. The van der Waals surface area contributed by atoms with Crippen LogP contribution in [0.3, 0.4) is 0 Å². The van der Waals surface area contributed by atoms with Gasteiger partial charge in [0, 0.05) is 9.50 Å². The van der Waals surface area contributed by atoms with Crippen LogP contribution in [0.15, 0.2) is 58.1 Å².